The van der Waals surface area contributed by atoms with Gasteiger partial charge in [-0.05, 0) is 55.0 Å². The zero-order valence-corrected chi connectivity index (χ0v) is 11.6. The molecule has 0 bridgehead atoms. The maximum Gasteiger partial charge on any atom is 0.122 e. The highest BCUT2D eigenvalue weighted by molar-refractivity contribution is 5.42. The lowest BCUT2D eigenvalue weighted by Gasteiger charge is -2.24. The smallest absolute Gasteiger partial charge is 0.122 e. The molecule has 0 aromatic heterocycles. The maximum absolute atomic E-state index is 10.5. The lowest BCUT2D eigenvalue weighted by molar-refractivity contribution is -0.0181. The Morgan fingerprint density at radius 3 is 2.61 bits per heavy atom. The highest BCUT2D eigenvalue weighted by Gasteiger charge is 2.32. The second-order valence-electron chi connectivity index (χ2n) is 5.22. The summed E-state index contributed by atoms with van der Waals surface area (Å²) in [6.45, 7) is 6.87. The van der Waals surface area contributed by atoms with Crippen LogP contribution < -0.4 is 4.74 Å². The number of hydrogen-bond donors (Lipinski definition) is 1. The van der Waals surface area contributed by atoms with Gasteiger partial charge in [-0.25, -0.2) is 0 Å². The molecular formula is C15H22O3. The van der Waals surface area contributed by atoms with E-state index in [1.54, 1.807) is 7.11 Å². The lowest BCUT2D eigenvalue weighted by Crippen LogP contribution is -2.23. The molecule has 0 amide bonds. The summed E-state index contributed by atoms with van der Waals surface area (Å²) in [7, 11) is 1.67. The summed E-state index contributed by atoms with van der Waals surface area (Å²) in [6, 6.07) is 3.99. The summed E-state index contributed by atoms with van der Waals surface area (Å²) in [5.41, 5.74) is 3.04. The summed E-state index contributed by atoms with van der Waals surface area (Å²) >= 11 is 0. The number of hydrogen-bond acceptors (Lipinski definition) is 3. The van der Waals surface area contributed by atoms with Gasteiger partial charge in [-0.1, -0.05) is 6.92 Å². The van der Waals surface area contributed by atoms with Gasteiger partial charge in [-0.3, -0.25) is 0 Å². The Labute approximate surface area is 109 Å². The number of methoxy groups -OCH3 is 1. The SMILES string of the molecule is COc1cc(C)c(C(O)C2OCCC2C)cc1C. The normalized spacial score (nSPS) is 25.2. The van der Waals surface area contributed by atoms with E-state index in [-0.39, 0.29) is 6.10 Å². The van der Waals surface area contributed by atoms with Crippen LogP contribution in [0, 0.1) is 19.8 Å². The van der Waals surface area contributed by atoms with Crippen LogP contribution in [0.15, 0.2) is 12.1 Å². The summed E-state index contributed by atoms with van der Waals surface area (Å²) in [4.78, 5) is 0. The molecule has 1 heterocycles. The molecule has 0 saturated carbocycles. The maximum atomic E-state index is 10.5. The minimum Gasteiger partial charge on any atom is -0.496 e. The fraction of sp³-hybridized carbons (Fsp3) is 0.600. The van der Waals surface area contributed by atoms with Crippen LogP contribution in [0.3, 0.4) is 0 Å². The fourth-order valence-electron chi connectivity index (χ4n) is 2.65. The molecule has 1 aliphatic rings. The Kier molecular flexibility index (Phi) is 3.93. The number of aliphatic hydroxyl groups excluding tert-OH is 1. The molecule has 1 aromatic rings. The van der Waals surface area contributed by atoms with Gasteiger partial charge in [0.15, 0.2) is 0 Å². The molecule has 0 radical (unpaired) electrons. The predicted octanol–water partition coefficient (Wildman–Crippen LogP) is 2.77. The van der Waals surface area contributed by atoms with Gasteiger partial charge in [-0.2, -0.15) is 0 Å². The van der Waals surface area contributed by atoms with Gasteiger partial charge >= 0.3 is 0 Å². The summed E-state index contributed by atoms with van der Waals surface area (Å²) in [5, 5.41) is 10.5. The van der Waals surface area contributed by atoms with Crippen LogP contribution in [0.5, 0.6) is 5.75 Å². The first-order valence-corrected chi connectivity index (χ1v) is 6.49. The van der Waals surface area contributed by atoms with E-state index in [0.29, 0.717) is 5.92 Å². The fourth-order valence-corrected chi connectivity index (χ4v) is 2.65. The van der Waals surface area contributed by atoms with Crippen molar-refractivity contribution in [3.8, 4) is 5.75 Å². The number of ether oxygens (including phenoxy) is 2. The molecule has 18 heavy (non-hydrogen) atoms. The largest absolute Gasteiger partial charge is 0.496 e. The Morgan fingerprint density at radius 2 is 2.06 bits per heavy atom. The second-order valence-corrected chi connectivity index (χ2v) is 5.22. The van der Waals surface area contributed by atoms with E-state index < -0.39 is 6.10 Å². The van der Waals surface area contributed by atoms with Crippen molar-refractivity contribution in [2.45, 2.75) is 39.4 Å². The first-order chi connectivity index (χ1) is 8.54. The highest BCUT2D eigenvalue weighted by Crippen LogP contribution is 2.34. The zero-order chi connectivity index (χ0) is 13.3. The molecule has 0 spiro atoms. The van der Waals surface area contributed by atoms with E-state index in [2.05, 4.69) is 6.92 Å². The summed E-state index contributed by atoms with van der Waals surface area (Å²) in [6.07, 6.45) is 0.388. The van der Waals surface area contributed by atoms with Crippen molar-refractivity contribution in [3.05, 3.63) is 28.8 Å². The van der Waals surface area contributed by atoms with Crippen molar-refractivity contribution in [2.24, 2.45) is 5.92 Å². The monoisotopic (exact) mass is 250 g/mol. The minimum absolute atomic E-state index is 0.0866. The van der Waals surface area contributed by atoms with E-state index >= 15 is 0 Å². The van der Waals surface area contributed by atoms with Crippen molar-refractivity contribution < 1.29 is 14.6 Å². The van der Waals surface area contributed by atoms with Gasteiger partial charge in [-0.15, -0.1) is 0 Å². The molecule has 3 heteroatoms. The summed E-state index contributed by atoms with van der Waals surface area (Å²) in [5.74, 6) is 1.27. The highest BCUT2D eigenvalue weighted by atomic mass is 16.5. The van der Waals surface area contributed by atoms with Gasteiger partial charge in [0.1, 0.15) is 11.9 Å². The molecule has 3 nitrogen and oxygen atoms in total. The average Bonchev–Trinajstić information content (AvgIpc) is 2.77. The molecule has 1 N–H and O–H groups in total. The molecule has 1 saturated heterocycles. The molecule has 0 aliphatic carbocycles. The third kappa shape index (κ3) is 2.38. The molecule has 1 aliphatic heterocycles. The van der Waals surface area contributed by atoms with E-state index in [0.717, 1.165) is 35.5 Å². The minimum atomic E-state index is -0.549. The number of aliphatic hydroxyl groups is 1. The molecule has 3 atom stereocenters. The first-order valence-electron chi connectivity index (χ1n) is 6.49. The van der Waals surface area contributed by atoms with Crippen molar-refractivity contribution in [1.29, 1.82) is 0 Å². The second kappa shape index (κ2) is 5.29. The van der Waals surface area contributed by atoms with Gasteiger partial charge in [0.2, 0.25) is 0 Å². The van der Waals surface area contributed by atoms with Crippen LogP contribution in [-0.2, 0) is 4.74 Å². The van der Waals surface area contributed by atoms with Crippen LogP contribution in [0.2, 0.25) is 0 Å². The Hall–Kier alpha value is -1.06. The molecule has 3 unspecified atom stereocenters. The van der Waals surface area contributed by atoms with Gasteiger partial charge in [0, 0.05) is 6.61 Å². The zero-order valence-electron chi connectivity index (χ0n) is 11.6. The van der Waals surface area contributed by atoms with E-state index in [9.17, 15) is 5.11 Å². The van der Waals surface area contributed by atoms with Gasteiger partial charge < -0.3 is 14.6 Å². The number of benzene rings is 1. The molecule has 1 fully saturated rings. The average molecular weight is 250 g/mol. The van der Waals surface area contributed by atoms with Crippen LogP contribution >= 0.6 is 0 Å². The Bertz CT molecular complexity index is 428. The third-order valence-electron chi connectivity index (χ3n) is 3.86. The number of aryl methyl sites for hydroxylation is 2. The standard InChI is InChI=1S/C15H22O3/c1-9-5-6-18-15(9)14(16)12-7-11(3)13(17-4)8-10(12)2/h7-9,14-16H,5-6H2,1-4H3. The van der Waals surface area contributed by atoms with Crippen molar-refractivity contribution >= 4 is 0 Å². The van der Waals surface area contributed by atoms with Gasteiger partial charge in [0.25, 0.3) is 0 Å². The van der Waals surface area contributed by atoms with E-state index in [1.165, 1.54) is 0 Å². The quantitative estimate of drug-likeness (QED) is 0.896. The number of rotatable bonds is 3. The topological polar surface area (TPSA) is 38.7 Å². The predicted molar refractivity (Wildman–Crippen MR) is 70.9 cm³/mol. The molecule has 100 valence electrons. The molecule has 2 rings (SSSR count). The van der Waals surface area contributed by atoms with Crippen LogP contribution in [0.4, 0.5) is 0 Å². The first kappa shape index (κ1) is 13.4. The molecule has 1 aromatic carbocycles. The third-order valence-corrected chi connectivity index (χ3v) is 3.86. The van der Waals surface area contributed by atoms with E-state index in [4.69, 9.17) is 9.47 Å². The van der Waals surface area contributed by atoms with Gasteiger partial charge in [0.05, 0.1) is 13.2 Å². The van der Waals surface area contributed by atoms with Crippen molar-refractivity contribution in [1.82, 2.24) is 0 Å². The Morgan fingerprint density at radius 1 is 1.33 bits per heavy atom. The summed E-state index contributed by atoms with van der Waals surface area (Å²) < 4.78 is 10.9. The van der Waals surface area contributed by atoms with Crippen molar-refractivity contribution in [3.63, 3.8) is 0 Å². The van der Waals surface area contributed by atoms with Crippen molar-refractivity contribution in [2.75, 3.05) is 13.7 Å². The molecular weight excluding hydrogens is 228 g/mol. The van der Waals surface area contributed by atoms with Crippen LogP contribution in [0.25, 0.3) is 0 Å². The van der Waals surface area contributed by atoms with E-state index in [1.807, 2.05) is 26.0 Å². The Balaban J connectivity index is 2.30. The van der Waals surface area contributed by atoms with Crippen LogP contribution in [-0.4, -0.2) is 24.9 Å². The lowest BCUT2D eigenvalue weighted by atomic mass is 9.91. The van der Waals surface area contributed by atoms with Crippen LogP contribution in [0.1, 0.15) is 36.1 Å².